The Balaban J connectivity index is 2.43. The number of hydrogen-bond acceptors (Lipinski definition) is 6. The van der Waals surface area contributed by atoms with E-state index in [-0.39, 0.29) is 11.7 Å². The molecule has 2 rings (SSSR count). The van der Waals surface area contributed by atoms with Gasteiger partial charge in [0.25, 0.3) is 0 Å². The number of hydrogen-bond donors (Lipinski definition) is 1. The second-order valence-corrected chi connectivity index (χ2v) is 3.99. The lowest BCUT2D eigenvalue weighted by Gasteiger charge is -2.10. The molecule has 0 bridgehead atoms. The minimum atomic E-state index is -1.21. The van der Waals surface area contributed by atoms with E-state index in [1.165, 1.54) is 0 Å². The van der Waals surface area contributed by atoms with E-state index in [1.54, 1.807) is 6.92 Å². The average molecular weight is 296 g/mol. The summed E-state index contributed by atoms with van der Waals surface area (Å²) in [6, 6.07) is 1.03. The molecule has 110 valence electrons. The van der Waals surface area contributed by atoms with Gasteiger partial charge >= 0.3 is 5.69 Å². The number of aromatic nitrogens is 2. The van der Waals surface area contributed by atoms with Gasteiger partial charge in [0.05, 0.1) is 16.6 Å². The van der Waals surface area contributed by atoms with Gasteiger partial charge in [-0.3, -0.25) is 10.1 Å². The number of benzene rings is 1. The Kier molecular flexibility index (Phi) is 3.92. The highest BCUT2D eigenvalue weighted by molar-refractivity contribution is 5.47. The molecule has 9 heteroatoms. The van der Waals surface area contributed by atoms with Gasteiger partial charge in [0.2, 0.25) is 11.7 Å². The molecule has 1 heterocycles. The summed E-state index contributed by atoms with van der Waals surface area (Å²) in [5.41, 5.74) is 5.08. The highest BCUT2D eigenvalue weighted by Gasteiger charge is 2.21. The van der Waals surface area contributed by atoms with E-state index in [4.69, 9.17) is 10.5 Å². The Bertz CT molecular complexity index is 709. The molecule has 0 aliphatic rings. The molecule has 0 aliphatic heterocycles. The normalized spacial score (nSPS) is 10.4. The van der Waals surface area contributed by atoms with Gasteiger partial charge < -0.3 is 10.5 Å². The third-order valence-corrected chi connectivity index (χ3v) is 2.70. The molecule has 0 saturated carbocycles. The van der Waals surface area contributed by atoms with Crippen molar-refractivity contribution in [2.75, 3.05) is 5.73 Å². The van der Waals surface area contributed by atoms with Crippen molar-refractivity contribution >= 4 is 11.5 Å². The Morgan fingerprint density at radius 3 is 2.67 bits per heavy atom. The van der Waals surface area contributed by atoms with E-state index in [9.17, 15) is 18.9 Å². The van der Waals surface area contributed by atoms with Gasteiger partial charge in [-0.25, -0.2) is 14.4 Å². The summed E-state index contributed by atoms with van der Waals surface area (Å²) in [4.78, 5) is 17.0. The van der Waals surface area contributed by atoms with Crippen molar-refractivity contribution in [1.82, 2.24) is 9.97 Å². The molecular weight excluding hydrogens is 286 g/mol. The molecule has 7 nitrogen and oxygen atoms in total. The van der Waals surface area contributed by atoms with Crippen LogP contribution in [-0.4, -0.2) is 14.9 Å². The van der Waals surface area contributed by atoms with E-state index < -0.39 is 28.0 Å². The lowest BCUT2D eigenvalue weighted by atomic mass is 10.2. The monoisotopic (exact) mass is 296 g/mol. The van der Waals surface area contributed by atoms with Crippen LogP contribution in [-0.2, 0) is 6.42 Å². The third-order valence-electron chi connectivity index (χ3n) is 2.70. The summed E-state index contributed by atoms with van der Waals surface area (Å²) in [5.74, 6) is -2.69. The molecule has 0 saturated heterocycles. The van der Waals surface area contributed by atoms with Crippen molar-refractivity contribution in [2.24, 2.45) is 0 Å². The lowest BCUT2D eigenvalue weighted by molar-refractivity contribution is -0.387. The van der Waals surface area contributed by atoms with Crippen LogP contribution < -0.4 is 10.5 Å². The quantitative estimate of drug-likeness (QED) is 0.687. The van der Waals surface area contributed by atoms with Crippen LogP contribution in [0.25, 0.3) is 0 Å². The van der Waals surface area contributed by atoms with Crippen molar-refractivity contribution in [3.8, 4) is 11.6 Å². The molecule has 0 spiro atoms. The fourth-order valence-electron chi connectivity index (χ4n) is 1.67. The van der Waals surface area contributed by atoms with E-state index in [2.05, 4.69) is 9.97 Å². The first-order valence-corrected chi connectivity index (χ1v) is 5.84. The molecule has 2 aromatic rings. The first-order chi connectivity index (χ1) is 9.93. The summed E-state index contributed by atoms with van der Waals surface area (Å²) >= 11 is 0. The zero-order chi connectivity index (χ0) is 15.6. The maximum absolute atomic E-state index is 13.7. The largest absolute Gasteiger partial charge is 0.435 e. The molecular formula is C12H10F2N4O3. The number of rotatable bonds is 4. The first kappa shape index (κ1) is 14.6. The number of nitro groups is 1. The van der Waals surface area contributed by atoms with Crippen molar-refractivity contribution < 1.29 is 18.4 Å². The maximum Gasteiger partial charge on any atom is 0.307 e. The van der Waals surface area contributed by atoms with Crippen LogP contribution in [0, 0.1) is 21.7 Å². The Hall–Kier alpha value is -2.84. The average Bonchev–Trinajstić information content (AvgIpc) is 2.42. The maximum atomic E-state index is 13.7. The van der Waals surface area contributed by atoms with Gasteiger partial charge in [0.1, 0.15) is 12.1 Å². The van der Waals surface area contributed by atoms with E-state index in [0.717, 1.165) is 6.33 Å². The summed E-state index contributed by atoms with van der Waals surface area (Å²) in [6.45, 7) is 1.76. The zero-order valence-electron chi connectivity index (χ0n) is 10.8. The molecule has 1 aromatic heterocycles. The number of halogens is 2. The molecule has 0 radical (unpaired) electrons. The fraction of sp³-hybridized carbons (Fsp3) is 0.167. The topological polar surface area (TPSA) is 104 Å². The van der Waals surface area contributed by atoms with Crippen LogP contribution >= 0.6 is 0 Å². The number of anilines is 1. The Labute approximate surface area is 117 Å². The summed E-state index contributed by atoms with van der Waals surface area (Å²) in [7, 11) is 0. The van der Waals surface area contributed by atoms with Crippen LogP contribution in [0.5, 0.6) is 11.6 Å². The standard InChI is InChI=1S/C12H10F2N4O3/c1-2-6-11(15)16-5-17-12(6)21-10-4-7(13)9(18(19)20)3-8(10)14/h3-5H,2H2,1H3,(H2,15,16,17). The van der Waals surface area contributed by atoms with Crippen LogP contribution in [0.3, 0.4) is 0 Å². The first-order valence-electron chi connectivity index (χ1n) is 5.84. The third kappa shape index (κ3) is 2.86. The predicted molar refractivity (Wildman–Crippen MR) is 68.9 cm³/mol. The van der Waals surface area contributed by atoms with Crippen LogP contribution in [0.2, 0.25) is 0 Å². The van der Waals surface area contributed by atoms with E-state index in [0.29, 0.717) is 24.1 Å². The molecule has 21 heavy (non-hydrogen) atoms. The van der Waals surface area contributed by atoms with Crippen LogP contribution in [0.15, 0.2) is 18.5 Å². The minimum Gasteiger partial charge on any atom is -0.435 e. The molecule has 0 atom stereocenters. The zero-order valence-corrected chi connectivity index (χ0v) is 10.8. The van der Waals surface area contributed by atoms with Crippen LogP contribution in [0.4, 0.5) is 20.3 Å². The molecule has 0 amide bonds. The number of nitrogen functional groups attached to an aromatic ring is 1. The number of nitro benzene ring substituents is 1. The molecule has 1 aromatic carbocycles. The second-order valence-electron chi connectivity index (χ2n) is 3.99. The van der Waals surface area contributed by atoms with Gasteiger partial charge in [0, 0.05) is 6.07 Å². The van der Waals surface area contributed by atoms with E-state index in [1.807, 2.05) is 0 Å². The highest BCUT2D eigenvalue weighted by atomic mass is 19.1. The predicted octanol–water partition coefficient (Wildman–Crippen LogP) is 2.60. The summed E-state index contributed by atoms with van der Waals surface area (Å²) in [5, 5.41) is 10.5. The van der Waals surface area contributed by atoms with Gasteiger partial charge in [-0.2, -0.15) is 4.39 Å². The van der Waals surface area contributed by atoms with Gasteiger partial charge in [0.15, 0.2) is 11.6 Å². The van der Waals surface area contributed by atoms with E-state index >= 15 is 0 Å². The molecule has 0 unspecified atom stereocenters. The Morgan fingerprint density at radius 1 is 1.33 bits per heavy atom. The molecule has 2 N–H and O–H groups in total. The van der Waals surface area contributed by atoms with Crippen molar-refractivity contribution in [1.29, 1.82) is 0 Å². The minimum absolute atomic E-state index is 0.0304. The van der Waals surface area contributed by atoms with Gasteiger partial charge in [-0.15, -0.1) is 0 Å². The lowest BCUT2D eigenvalue weighted by Crippen LogP contribution is -2.03. The van der Waals surface area contributed by atoms with Gasteiger partial charge in [-0.05, 0) is 6.42 Å². The highest BCUT2D eigenvalue weighted by Crippen LogP contribution is 2.31. The molecule has 0 aliphatic carbocycles. The molecule has 0 fully saturated rings. The smallest absolute Gasteiger partial charge is 0.307 e. The number of ether oxygens (including phenoxy) is 1. The fourth-order valence-corrected chi connectivity index (χ4v) is 1.67. The number of nitrogens with zero attached hydrogens (tertiary/aromatic N) is 3. The van der Waals surface area contributed by atoms with Crippen molar-refractivity contribution in [3.05, 3.63) is 45.8 Å². The van der Waals surface area contributed by atoms with Crippen LogP contribution in [0.1, 0.15) is 12.5 Å². The second kappa shape index (κ2) is 5.65. The van der Waals surface area contributed by atoms with Crippen molar-refractivity contribution in [2.45, 2.75) is 13.3 Å². The Morgan fingerprint density at radius 2 is 2.05 bits per heavy atom. The summed E-state index contributed by atoms with van der Waals surface area (Å²) < 4.78 is 32.4. The summed E-state index contributed by atoms with van der Waals surface area (Å²) in [6.07, 6.45) is 1.53. The van der Waals surface area contributed by atoms with Crippen molar-refractivity contribution in [3.63, 3.8) is 0 Å². The van der Waals surface area contributed by atoms with Gasteiger partial charge in [-0.1, -0.05) is 6.92 Å². The SMILES string of the molecule is CCc1c(N)ncnc1Oc1cc(F)c([N+](=O)[O-])cc1F. The number of nitrogens with two attached hydrogens (primary N) is 1.